The molecule has 2 nitrogen and oxygen atoms in total. The predicted molar refractivity (Wildman–Crippen MR) is 82.8 cm³/mol. The summed E-state index contributed by atoms with van der Waals surface area (Å²) in [5.74, 6) is 0.0428. The van der Waals surface area contributed by atoms with Crippen LogP contribution in [-0.2, 0) is 11.2 Å². The first kappa shape index (κ1) is 14.6. The second-order valence-electron chi connectivity index (χ2n) is 4.79. The van der Waals surface area contributed by atoms with Crippen LogP contribution in [0.5, 0.6) is 0 Å². The van der Waals surface area contributed by atoms with Crippen LogP contribution in [0.1, 0.15) is 30.5 Å². The average molecular weight is 288 g/mol. The summed E-state index contributed by atoms with van der Waals surface area (Å²) >= 11 is 6.08. The first-order valence-corrected chi connectivity index (χ1v) is 7.12. The molecule has 0 bridgehead atoms. The zero-order valence-electron chi connectivity index (χ0n) is 11.5. The second kappa shape index (κ2) is 7.11. The summed E-state index contributed by atoms with van der Waals surface area (Å²) in [6, 6.07) is 17.6. The molecule has 0 saturated carbocycles. The molecule has 0 aliphatic heterocycles. The fourth-order valence-corrected chi connectivity index (χ4v) is 2.32. The molecule has 0 aromatic heterocycles. The van der Waals surface area contributed by atoms with Crippen molar-refractivity contribution in [1.82, 2.24) is 5.32 Å². The van der Waals surface area contributed by atoms with E-state index in [-0.39, 0.29) is 11.9 Å². The standard InChI is InChI=1S/C17H18ClNO/c1-13(14-7-3-2-4-8-14)19-17(20)12-11-15-9-5-6-10-16(15)18/h2-10,13H,11-12H2,1H3,(H,19,20)/t13-/m1/s1. The molecule has 3 heteroatoms. The Hall–Kier alpha value is -1.80. The summed E-state index contributed by atoms with van der Waals surface area (Å²) in [7, 11) is 0. The molecule has 20 heavy (non-hydrogen) atoms. The van der Waals surface area contributed by atoms with Crippen molar-refractivity contribution in [3.05, 3.63) is 70.7 Å². The van der Waals surface area contributed by atoms with Crippen molar-refractivity contribution >= 4 is 17.5 Å². The van der Waals surface area contributed by atoms with Gasteiger partial charge in [-0.05, 0) is 30.5 Å². The van der Waals surface area contributed by atoms with Crippen molar-refractivity contribution in [2.45, 2.75) is 25.8 Å². The Labute approximate surface area is 124 Å². The number of hydrogen-bond acceptors (Lipinski definition) is 1. The van der Waals surface area contributed by atoms with Gasteiger partial charge in [0.05, 0.1) is 6.04 Å². The topological polar surface area (TPSA) is 29.1 Å². The molecule has 0 aliphatic rings. The number of aryl methyl sites for hydroxylation is 1. The Kier molecular flexibility index (Phi) is 5.19. The number of halogens is 1. The minimum atomic E-state index is 0.0231. The van der Waals surface area contributed by atoms with Crippen molar-refractivity contribution in [3.63, 3.8) is 0 Å². The van der Waals surface area contributed by atoms with Gasteiger partial charge < -0.3 is 5.32 Å². The van der Waals surface area contributed by atoms with Crippen LogP contribution in [-0.4, -0.2) is 5.91 Å². The Morgan fingerprint density at radius 2 is 1.75 bits per heavy atom. The number of hydrogen-bond donors (Lipinski definition) is 1. The van der Waals surface area contributed by atoms with E-state index in [4.69, 9.17) is 11.6 Å². The molecule has 0 heterocycles. The van der Waals surface area contributed by atoms with Gasteiger partial charge in [0.15, 0.2) is 0 Å². The van der Waals surface area contributed by atoms with Gasteiger partial charge in [-0.25, -0.2) is 0 Å². The van der Waals surface area contributed by atoms with E-state index in [1.54, 1.807) is 0 Å². The van der Waals surface area contributed by atoms with Crippen molar-refractivity contribution in [2.75, 3.05) is 0 Å². The van der Waals surface area contributed by atoms with Crippen LogP contribution < -0.4 is 5.32 Å². The minimum absolute atomic E-state index is 0.0231. The number of benzene rings is 2. The van der Waals surface area contributed by atoms with Crippen LogP contribution in [0.15, 0.2) is 54.6 Å². The summed E-state index contributed by atoms with van der Waals surface area (Å²) < 4.78 is 0. The van der Waals surface area contributed by atoms with E-state index < -0.39 is 0 Å². The lowest BCUT2D eigenvalue weighted by Gasteiger charge is -2.14. The molecule has 104 valence electrons. The zero-order valence-corrected chi connectivity index (χ0v) is 12.2. The van der Waals surface area contributed by atoms with E-state index in [1.807, 2.05) is 61.5 Å². The van der Waals surface area contributed by atoms with Gasteiger partial charge in [-0.2, -0.15) is 0 Å². The summed E-state index contributed by atoms with van der Waals surface area (Å²) in [4.78, 5) is 12.0. The van der Waals surface area contributed by atoms with E-state index in [0.717, 1.165) is 16.1 Å². The van der Waals surface area contributed by atoms with E-state index in [2.05, 4.69) is 5.32 Å². The van der Waals surface area contributed by atoms with Crippen LogP contribution in [0.2, 0.25) is 5.02 Å². The molecule has 0 saturated heterocycles. The van der Waals surface area contributed by atoms with Gasteiger partial charge in [-0.15, -0.1) is 0 Å². The molecular weight excluding hydrogens is 270 g/mol. The van der Waals surface area contributed by atoms with Crippen LogP contribution in [0.4, 0.5) is 0 Å². The molecule has 0 spiro atoms. The van der Waals surface area contributed by atoms with Crippen LogP contribution in [0.25, 0.3) is 0 Å². The lowest BCUT2D eigenvalue weighted by Crippen LogP contribution is -2.26. The Morgan fingerprint density at radius 3 is 2.45 bits per heavy atom. The van der Waals surface area contributed by atoms with Gasteiger partial charge in [0.2, 0.25) is 5.91 Å². The highest BCUT2D eigenvalue weighted by molar-refractivity contribution is 6.31. The first-order valence-electron chi connectivity index (χ1n) is 6.74. The highest BCUT2D eigenvalue weighted by atomic mass is 35.5. The number of carbonyl (C=O) groups excluding carboxylic acids is 1. The summed E-state index contributed by atoms with van der Waals surface area (Å²) in [6.07, 6.45) is 1.11. The van der Waals surface area contributed by atoms with E-state index in [9.17, 15) is 4.79 Å². The van der Waals surface area contributed by atoms with Gasteiger partial charge in [0.1, 0.15) is 0 Å². The van der Waals surface area contributed by atoms with Gasteiger partial charge >= 0.3 is 0 Å². The molecule has 0 unspecified atom stereocenters. The molecule has 1 atom stereocenters. The summed E-state index contributed by atoms with van der Waals surface area (Å²) in [6.45, 7) is 1.99. The monoisotopic (exact) mass is 287 g/mol. The van der Waals surface area contributed by atoms with Crippen molar-refractivity contribution in [1.29, 1.82) is 0 Å². The third-order valence-corrected chi connectivity index (χ3v) is 3.63. The largest absolute Gasteiger partial charge is 0.350 e. The minimum Gasteiger partial charge on any atom is -0.350 e. The molecule has 1 N–H and O–H groups in total. The van der Waals surface area contributed by atoms with E-state index >= 15 is 0 Å². The first-order chi connectivity index (χ1) is 9.66. The maximum Gasteiger partial charge on any atom is 0.220 e. The van der Waals surface area contributed by atoms with Gasteiger partial charge in [-0.1, -0.05) is 60.1 Å². The SMILES string of the molecule is C[C@@H](NC(=O)CCc1ccccc1Cl)c1ccccc1. The smallest absolute Gasteiger partial charge is 0.220 e. The van der Waals surface area contributed by atoms with E-state index in [1.165, 1.54) is 0 Å². The number of nitrogens with one attached hydrogen (secondary N) is 1. The van der Waals surface area contributed by atoms with Gasteiger partial charge in [-0.3, -0.25) is 4.79 Å². The lowest BCUT2D eigenvalue weighted by molar-refractivity contribution is -0.121. The fraction of sp³-hybridized carbons (Fsp3) is 0.235. The molecule has 0 radical (unpaired) electrons. The number of carbonyl (C=O) groups is 1. The quantitative estimate of drug-likeness (QED) is 0.879. The normalized spacial score (nSPS) is 11.9. The predicted octanol–water partition coefficient (Wildman–Crippen LogP) is 4.15. The summed E-state index contributed by atoms with van der Waals surface area (Å²) in [5, 5.41) is 3.72. The third kappa shape index (κ3) is 4.10. The average Bonchev–Trinajstić information content (AvgIpc) is 2.47. The highest BCUT2D eigenvalue weighted by Crippen LogP contribution is 2.17. The van der Waals surface area contributed by atoms with Crippen molar-refractivity contribution in [3.8, 4) is 0 Å². The van der Waals surface area contributed by atoms with E-state index in [0.29, 0.717) is 12.8 Å². The number of amides is 1. The Morgan fingerprint density at radius 1 is 1.10 bits per heavy atom. The van der Waals surface area contributed by atoms with Crippen LogP contribution in [0, 0.1) is 0 Å². The lowest BCUT2D eigenvalue weighted by atomic mass is 10.1. The Bertz CT molecular complexity index is 568. The maximum atomic E-state index is 12.0. The van der Waals surface area contributed by atoms with Crippen molar-refractivity contribution in [2.24, 2.45) is 0 Å². The summed E-state index contributed by atoms with van der Waals surface area (Å²) in [5.41, 5.74) is 2.12. The third-order valence-electron chi connectivity index (χ3n) is 3.26. The molecule has 0 fully saturated rings. The van der Waals surface area contributed by atoms with Crippen molar-refractivity contribution < 1.29 is 4.79 Å². The van der Waals surface area contributed by atoms with Crippen LogP contribution in [0.3, 0.4) is 0 Å². The number of rotatable bonds is 5. The molecular formula is C17H18ClNO. The maximum absolute atomic E-state index is 12.0. The second-order valence-corrected chi connectivity index (χ2v) is 5.20. The molecule has 2 rings (SSSR count). The Balaban J connectivity index is 1.86. The van der Waals surface area contributed by atoms with Crippen LogP contribution >= 0.6 is 11.6 Å². The van der Waals surface area contributed by atoms with Gasteiger partial charge in [0.25, 0.3) is 0 Å². The molecule has 1 amide bonds. The highest BCUT2D eigenvalue weighted by Gasteiger charge is 2.09. The van der Waals surface area contributed by atoms with Gasteiger partial charge in [0, 0.05) is 11.4 Å². The zero-order chi connectivity index (χ0) is 14.4. The molecule has 2 aromatic rings. The molecule has 2 aromatic carbocycles. The fourth-order valence-electron chi connectivity index (χ4n) is 2.09. The molecule has 0 aliphatic carbocycles.